The summed E-state index contributed by atoms with van der Waals surface area (Å²) >= 11 is 0. The Labute approximate surface area is 115 Å². The second-order valence-electron chi connectivity index (χ2n) is 6.19. The lowest BCUT2D eigenvalue weighted by Crippen LogP contribution is -2.40. The van der Waals surface area contributed by atoms with Gasteiger partial charge in [-0.15, -0.1) is 0 Å². The Hall–Kier alpha value is -1.40. The molecular weight excluding hydrogens is 260 g/mol. The highest BCUT2D eigenvalue weighted by Crippen LogP contribution is 2.37. The van der Waals surface area contributed by atoms with Crippen LogP contribution in [0.1, 0.15) is 26.3 Å². The molecular formula is C13H22N2O3Si. The fourth-order valence-electron chi connectivity index (χ4n) is 1.31. The van der Waals surface area contributed by atoms with Gasteiger partial charge in [0.25, 0.3) is 5.69 Å². The highest BCUT2D eigenvalue weighted by Gasteiger charge is 2.37. The van der Waals surface area contributed by atoms with E-state index in [1.807, 2.05) is 0 Å². The summed E-state index contributed by atoms with van der Waals surface area (Å²) in [5.41, 5.74) is 7.10. The zero-order chi connectivity index (χ0) is 14.8. The maximum atomic E-state index is 10.8. The van der Waals surface area contributed by atoms with E-state index in [1.165, 1.54) is 12.1 Å². The molecule has 0 atom stereocenters. The van der Waals surface area contributed by atoms with Crippen molar-refractivity contribution in [3.8, 4) is 0 Å². The molecule has 5 nitrogen and oxygen atoms in total. The average Bonchev–Trinajstić information content (AvgIpc) is 2.26. The number of nitrogens with zero attached hydrogens (tertiary/aromatic N) is 1. The number of non-ortho nitro benzene ring substituents is 1. The van der Waals surface area contributed by atoms with Crippen LogP contribution in [-0.2, 0) is 11.0 Å². The van der Waals surface area contributed by atoms with Gasteiger partial charge in [-0.2, -0.15) is 0 Å². The number of nitro benzene ring substituents is 1. The summed E-state index contributed by atoms with van der Waals surface area (Å²) in [6.45, 7) is 11.0. The molecule has 106 valence electrons. The van der Waals surface area contributed by atoms with Gasteiger partial charge in [0.2, 0.25) is 0 Å². The minimum Gasteiger partial charge on any atom is -0.412 e. The van der Waals surface area contributed by atoms with Crippen LogP contribution in [0.15, 0.2) is 18.2 Å². The van der Waals surface area contributed by atoms with Gasteiger partial charge in [-0.1, -0.05) is 20.8 Å². The molecule has 1 aromatic carbocycles. The predicted octanol–water partition coefficient (Wildman–Crippen LogP) is 3.70. The number of rotatable bonds is 4. The van der Waals surface area contributed by atoms with Gasteiger partial charge in [0.15, 0.2) is 8.32 Å². The van der Waals surface area contributed by atoms with Crippen LogP contribution in [0.5, 0.6) is 0 Å². The smallest absolute Gasteiger partial charge is 0.269 e. The Bertz CT molecular complexity index is 481. The maximum absolute atomic E-state index is 10.8. The number of nitrogens with two attached hydrogens (primary N) is 1. The van der Waals surface area contributed by atoms with E-state index >= 15 is 0 Å². The summed E-state index contributed by atoms with van der Waals surface area (Å²) in [4.78, 5) is 10.3. The standard InChI is InChI=1S/C13H22N2O3Si/c1-13(2,3)19(4,5)18-9-10-8-11(15(16)17)6-7-12(10)14/h6-8H,9,14H2,1-5H3. The molecule has 1 rings (SSSR count). The Morgan fingerprint density at radius 1 is 1.37 bits per heavy atom. The molecule has 6 heteroatoms. The van der Waals surface area contributed by atoms with Crippen molar-refractivity contribution in [2.75, 3.05) is 5.73 Å². The molecule has 0 fully saturated rings. The van der Waals surface area contributed by atoms with Crippen LogP contribution >= 0.6 is 0 Å². The molecule has 0 radical (unpaired) electrons. The number of anilines is 1. The molecule has 0 aliphatic heterocycles. The summed E-state index contributed by atoms with van der Waals surface area (Å²) in [5, 5.41) is 10.9. The minimum absolute atomic E-state index is 0.0445. The Kier molecular flexibility index (Phi) is 4.37. The van der Waals surface area contributed by atoms with Crippen LogP contribution in [0.4, 0.5) is 11.4 Å². The van der Waals surface area contributed by atoms with Gasteiger partial charge < -0.3 is 10.2 Å². The summed E-state index contributed by atoms with van der Waals surface area (Å²) in [7, 11) is -1.88. The van der Waals surface area contributed by atoms with Crippen molar-refractivity contribution in [3.63, 3.8) is 0 Å². The van der Waals surface area contributed by atoms with E-state index in [-0.39, 0.29) is 10.7 Å². The molecule has 0 bridgehead atoms. The number of hydrogen-bond acceptors (Lipinski definition) is 4. The zero-order valence-corrected chi connectivity index (χ0v) is 13.2. The number of nitrogen functional groups attached to an aromatic ring is 1. The average molecular weight is 282 g/mol. The van der Waals surface area contributed by atoms with Gasteiger partial charge in [0, 0.05) is 23.4 Å². The van der Waals surface area contributed by atoms with Crippen LogP contribution in [-0.4, -0.2) is 13.2 Å². The Balaban J connectivity index is 2.89. The molecule has 0 aliphatic carbocycles. The molecule has 2 N–H and O–H groups in total. The third-order valence-electron chi connectivity index (χ3n) is 3.73. The van der Waals surface area contributed by atoms with Crippen molar-refractivity contribution in [2.45, 2.75) is 45.5 Å². The summed E-state index contributed by atoms with van der Waals surface area (Å²) in [6, 6.07) is 4.45. The van der Waals surface area contributed by atoms with Crippen molar-refractivity contribution in [3.05, 3.63) is 33.9 Å². The number of hydrogen-bond donors (Lipinski definition) is 1. The molecule has 0 unspecified atom stereocenters. The largest absolute Gasteiger partial charge is 0.412 e. The van der Waals surface area contributed by atoms with Crippen molar-refractivity contribution < 1.29 is 9.35 Å². The van der Waals surface area contributed by atoms with Gasteiger partial charge in [-0.05, 0) is 24.2 Å². The van der Waals surface area contributed by atoms with E-state index in [0.29, 0.717) is 17.9 Å². The quantitative estimate of drug-likeness (QED) is 0.395. The highest BCUT2D eigenvalue weighted by atomic mass is 28.4. The fraction of sp³-hybridized carbons (Fsp3) is 0.538. The summed E-state index contributed by atoms with van der Waals surface area (Å²) in [5.74, 6) is 0. The molecule has 19 heavy (non-hydrogen) atoms. The molecule has 0 aromatic heterocycles. The first-order valence-electron chi connectivity index (χ1n) is 6.21. The lowest BCUT2D eigenvalue weighted by Gasteiger charge is -2.36. The molecule has 1 aromatic rings. The van der Waals surface area contributed by atoms with Gasteiger partial charge in [0.05, 0.1) is 11.5 Å². The third kappa shape index (κ3) is 3.78. The van der Waals surface area contributed by atoms with E-state index in [0.717, 1.165) is 0 Å². The third-order valence-corrected chi connectivity index (χ3v) is 8.21. The van der Waals surface area contributed by atoms with Crippen LogP contribution in [0, 0.1) is 10.1 Å². The zero-order valence-electron chi connectivity index (χ0n) is 12.2. The normalized spacial score (nSPS) is 12.5. The van der Waals surface area contributed by atoms with Crippen LogP contribution in [0.2, 0.25) is 18.1 Å². The monoisotopic (exact) mass is 282 g/mol. The van der Waals surface area contributed by atoms with E-state index < -0.39 is 13.2 Å². The fourth-order valence-corrected chi connectivity index (χ4v) is 2.25. The first-order valence-corrected chi connectivity index (χ1v) is 9.12. The predicted molar refractivity (Wildman–Crippen MR) is 79.5 cm³/mol. The SMILES string of the molecule is CC(C)(C)[Si](C)(C)OCc1cc([N+](=O)[O-])ccc1N. The lowest BCUT2D eigenvalue weighted by molar-refractivity contribution is -0.384. The lowest BCUT2D eigenvalue weighted by atomic mass is 10.2. The van der Waals surface area contributed by atoms with Gasteiger partial charge >= 0.3 is 0 Å². The number of benzene rings is 1. The van der Waals surface area contributed by atoms with Crippen LogP contribution < -0.4 is 5.73 Å². The van der Waals surface area contributed by atoms with Gasteiger partial charge in [-0.25, -0.2) is 0 Å². The van der Waals surface area contributed by atoms with Gasteiger partial charge in [0.1, 0.15) is 0 Å². The summed E-state index contributed by atoms with van der Waals surface area (Å²) < 4.78 is 6.03. The first-order chi connectivity index (χ1) is 8.54. The summed E-state index contributed by atoms with van der Waals surface area (Å²) in [6.07, 6.45) is 0. The molecule has 0 spiro atoms. The van der Waals surface area contributed by atoms with E-state index in [2.05, 4.69) is 33.9 Å². The Morgan fingerprint density at radius 3 is 2.42 bits per heavy atom. The second kappa shape index (κ2) is 5.30. The minimum atomic E-state index is -1.88. The highest BCUT2D eigenvalue weighted by molar-refractivity contribution is 6.74. The molecule has 0 saturated carbocycles. The maximum Gasteiger partial charge on any atom is 0.269 e. The molecule has 0 aliphatic rings. The first kappa shape index (κ1) is 15.7. The van der Waals surface area contributed by atoms with Crippen LogP contribution in [0.3, 0.4) is 0 Å². The Morgan fingerprint density at radius 2 is 1.95 bits per heavy atom. The molecule has 0 amide bonds. The van der Waals surface area contributed by atoms with Crippen molar-refractivity contribution >= 4 is 19.7 Å². The topological polar surface area (TPSA) is 78.4 Å². The van der Waals surface area contributed by atoms with Crippen molar-refractivity contribution in [1.82, 2.24) is 0 Å². The molecule has 0 heterocycles. The van der Waals surface area contributed by atoms with E-state index in [9.17, 15) is 10.1 Å². The van der Waals surface area contributed by atoms with E-state index in [4.69, 9.17) is 10.2 Å². The van der Waals surface area contributed by atoms with Crippen molar-refractivity contribution in [1.29, 1.82) is 0 Å². The second-order valence-corrected chi connectivity index (χ2v) is 11.0. The van der Waals surface area contributed by atoms with Gasteiger partial charge in [-0.3, -0.25) is 10.1 Å². The van der Waals surface area contributed by atoms with Crippen molar-refractivity contribution in [2.24, 2.45) is 0 Å². The number of nitro groups is 1. The van der Waals surface area contributed by atoms with E-state index in [1.54, 1.807) is 6.07 Å². The van der Waals surface area contributed by atoms with Crippen LogP contribution in [0.25, 0.3) is 0 Å². The molecule has 0 saturated heterocycles.